The molecule has 10 nitrogen and oxygen atoms in total. The van der Waals surface area contributed by atoms with E-state index in [2.05, 4.69) is 15.3 Å². The minimum absolute atomic E-state index is 0.0230. The quantitative estimate of drug-likeness (QED) is 0.114. The zero-order valence-electron chi connectivity index (χ0n) is 37.0. The molecular weight excluding hydrogens is 1030 g/mol. The predicted octanol–water partition coefficient (Wildman–Crippen LogP) is 10.7. The molecule has 4 N–H and O–H groups in total. The molecule has 0 saturated carbocycles. The number of alkyl halides is 20. The highest BCUT2D eigenvalue weighted by Crippen LogP contribution is 2.49. The summed E-state index contributed by atoms with van der Waals surface area (Å²) in [7, 11) is 3.06. The molecule has 2 aliphatic carbocycles. The van der Waals surface area contributed by atoms with Crippen LogP contribution in [0.4, 0.5) is 97.4 Å². The Labute approximate surface area is 393 Å². The molecule has 2 saturated heterocycles. The summed E-state index contributed by atoms with van der Waals surface area (Å²) in [5.41, 5.74) is -0.101. The Morgan fingerprint density at radius 2 is 0.944 bits per heavy atom. The van der Waals surface area contributed by atoms with Gasteiger partial charge in [-0.2, -0.15) is 87.8 Å². The van der Waals surface area contributed by atoms with Crippen molar-refractivity contribution in [3.05, 3.63) is 70.0 Å². The summed E-state index contributed by atoms with van der Waals surface area (Å²) in [5.74, 6) is -0.970. The summed E-state index contributed by atoms with van der Waals surface area (Å²) < 4.78 is 263. The molecule has 2 aliphatic heterocycles. The Balaban J connectivity index is 0.000000212. The molecule has 6 unspecified atom stereocenters. The van der Waals surface area contributed by atoms with Crippen molar-refractivity contribution in [1.82, 2.24) is 40.2 Å². The van der Waals surface area contributed by atoms with E-state index >= 15 is 0 Å². The third-order valence-electron chi connectivity index (χ3n) is 13.2. The monoisotopic (exact) mass is 1070 g/mol. The predicted molar refractivity (Wildman–Crippen MR) is 214 cm³/mol. The third kappa shape index (κ3) is 11.2. The number of H-pyrrole nitrogens is 2. The maximum absolute atomic E-state index is 13.8. The van der Waals surface area contributed by atoms with Gasteiger partial charge in [0.15, 0.2) is 0 Å². The van der Waals surface area contributed by atoms with Crippen LogP contribution in [0.25, 0.3) is 21.8 Å². The number of hydrogen-bond acceptors (Lipinski definition) is 4. The molecule has 4 heterocycles. The summed E-state index contributed by atoms with van der Waals surface area (Å²) in [5, 5.41) is 4.82. The molecule has 2 aromatic carbocycles. The SMILES string of the molecule is CN1CC(NC(=O)N(CC(F)(F)F)C(F)(F)C(F)(F)F)CC2c3cccc4[nH]c(C(F)(F)F)c(c34)CC21.CN1CC(NC(=O)N(CC(F)(F)F)CC(F)(F)F)CC2c3cccc4[nH]c(C(F)(F)F)c(c34)CC21. The minimum Gasteiger partial charge on any atom is -0.351 e. The van der Waals surface area contributed by atoms with Gasteiger partial charge in [0.05, 0.1) is 0 Å². The van der Waals surface area contributed by atoms with E-state index in [4.69, 9.17) is 0 Å². The standard InChI is InChI=1S/C21H19F11N4O.C21H21F9N4O/c1-35-7-9(33-17(37)36(8-18(22,23)24)21(31,32)20(28,29)30)5-11-10-3-2-4-13-15(10)12(6-14(11)35)16(34-13)19(25,26)27;1-33-7-10(31-18(35)34(8-19(22,23)24)9-20(25,26)27)5-12-11-3-2-4-14-16(11)13(6-15(12)33)17(32-14)21(28,29)30/h2-4,9,11,14,34H,5-8H2,1H3,(H,33,37);2-4,10,12,15,32H,5-9H2,1H3,(H,31,35). The number of benzene rings is 2. The Hall–Kier alpha value is -5.42. The molecule has 8 rings (SSSR count). The van der Waals surface area contributed by atoms with Crippen LogP contribution in [0.15, 0.2) is 36.4 Å². The first-order valence-electron chi connectivity index (χ1n) is 21.4. The number of carbonyl (C=O) groups excluding carboxylic acids is 2. The number of nitrogens with zero attached hydrogens (tertiary/aromatic N) is 4. The van der Waals surface area contributed by atoms with Crippen LogP contribution in [0, 0.1) is 0 Å². The third-order valence-corrected chi connectivity index (χ3v) is 13.2. The number of amides is 4. The second kappa shape index (κ2) is 18.5. The zero-order valence-corrected chi connectivity index (χ0v) is 37.0. The summed E-state index contributed by atoms with van der Waals surface area (Å²) >= 11 is 0. The number of aromatic nitrogens is 2. The molecular formula is C42H40F20N8O2. The molecule has 72 heavy (non-hydrogen) atoms. The van der Waals surface area contributed by atoms with Crippen LogP contribution in [0.2, 0.25) is 0 Å². The van der Waals surface area contributed by atoms with Gasteiger partial charge in [-0.3, -0.25) is 0 Å². The van der Waals surface area contributed by atoms with Crippen molar-refractivity contribution in [2.75, 3.05) is 46.8 Å². The Bertz CT molecular complexity index is 2630. The molecule has 30 heteroatoms. The van der Waals surface area contributed by atoms with E-state index in [0.29, 0.717) is 27.4 Å². The second-order valence-electron chi connectivity index (χ2n) is 18.2. The van der Waals surface area contributed by atoms with Crippen molar-refractivity contribution in [1.29, 1.82) is 0 Å². The van der Waals surface area contributed by atoms with Gasteiger partial charge < -0.3 is 35.3 Å². The van der Waals surface area contributed by atoms with Crippen LogP contribution >= 0.6 is 0 Å². The van der Waals surface area contributed by atoms with E-state index in [9.17, 15) is 97.4 Å². The lowest BCUT2D eigenvalue weighted by Gasteiger charge is -2.46. The highest BCUT2D eigenvalue weighted by Gasteiger charge is 2.65. The second-order valence-corrected chi connectivity index (χ2v) is 18.2. The van der Waals surface area contributed by atoms with Crippen molar-refractivity contribution in [2.24, 2.45) is 0 Å². The van der Waals surface area contributed by atoms with Crippen LogP contribution in [0.3, 0.4) is 0 Å². The fraction of sp³-hybridized carbons (Fsp3) is 0.571. The number of halogens is 20. The highest BCUT2D eigenvalue weighted by atomic mass is 19.4. The molecule has 6 atom stereocenters. The lowest BCUT2D eigenvalue weighted by atomic mass is 9.73. The normalized spacial score (nSPS) is 23.2. The summed E-state index contributed by atoms with van der Waals surface area (Å²) in [4.78, 5) is 30.8. The molecule has 4 aliphatic rings. The Kier molecular flexibility index (Phi) is 14.0. The smallest absolute Gasteiger partial charge is 0.351 e. The van der Waals surface area contributed by atoms with Gasteiger partial charge in [0.1, 0.15) is 31.0 Å². The summed E-state index contributed by atoms with van der Waals surface area (Å²) in [6.45, 7) is -7.15. The van der Waals surface area contributed by atoms with Crippen molar-refractivity contribution in [2.45, 2.75) is 105 Å². The van der Waals surface area contributed by atoms with Crippen LogP contribution in [-0.2, 0) is 25.2 Å². The van der Waals surface area contributed by atoms with Crippen molar-refractivity contribution < 1.29 is 97.4 Å². The molecule has 0 radical (unpaired) electrons. The maximum atomic E-state index is 13.8. The van der Waals surface area contributed by atoms with Gasteiger partial charge in [0, 0.05) is 70.9 Å². The van der Waals surface area contributed by atoms with E-state index in [-0.39, 0.29) is 72.3 Å². The average molecular weight is 1070 g/mol. The zero-order chi connectivity index (χ0) is 53.6. The largest absolute Gasteiger partial charge is 0.475 e. The van der Waals surface area contributed by atoms with E-state index in [1.807, 2.05) is 5.32 Å². The van der Waals surface area contributed by atoms with Crippen LogP contribution in [-0.4, -0.2) is 143 Å². The first-order valence-corrected chi connectivity index (χ1v) is 21.4. The fourth-order valence-corrected chi connectivity index (χ4v) is 10.5. The topological polar surface area (TPSA) is 103 Å². The number of aromatic amines is 2. The molecule has 2 aromatic heterocycles. The van der Waals surface area contributed by atoms with Gasteiger partial charge in [-0.1, -0.05) is 24.3 Å². The van der Waals surface area contributed by atoms with E-state index < -0.39 is 115 Å². The maximum Gasteiger partial charge on any atom is 0.475 e. The number of piperidine rings is 2. The molecule has 4 amide bonds. The van der Waals surface area contributed by atoms with E-state index in [1.165, 1.54) is 30.1 Å². The first-order chi connectivity index (χ1) is 32.8. The number of fused-ring (bicyclic) bond motifs is 4. The lowest BCUT2D eigenvalue weighted by molar-refractivity contribution is -0.338. The first kappa shape index (κ1) is 54.4. The van der Waals surface area contributed by atoms with Crippen LogP contribution < -0.4 is 10.6 Å². The van der Waals surface area contributed by atoms with Crippen LogP contribution in [0.1, 0.15) is 58.3 Å². The van der Waals surface area contributed by atoms with Crippen molar-refractivity contribution in [3.8, 4) is 0 Å². The average Bonchev–Trinajstić information content (AvgIpc) is 3.80. The Morgan fingerprint density at radius 1 is 0.569 bits per heavy atom. The molecule has 4 aromatic rings. The minimum atomic E-state index is -6.47. The lowest BCUT2D eigenvalue weighted by Crippen LogP contribution is -2.63. The number of urea groups is 2. The molecule has 0 bridgehead atoms. The number of hydrogen-bond donors (Lipinski definition) is 4. The van der Waals surface area contributed by atoms with Crippen molar-refractivity contribution in [3.63, 3.8) is 0 Å². The van der Waals surface area contributed by atoms with Gasteiger partial charge in [0.25, 0.3) is 0 Å². The van der Waals surface area contributed by atoms with Crippen molar-refractivity contribution >= 4 is 33.9 Å². The number of nitrogens with one attached hydrogen (secondary N) is 4. The van der Waals surface area contributed by atoms with Crippen LogP contribution in [0.5, 0.6) is 0 Å². The van der Waals surface area contributed by atoms with Gasteiger partial charge in [0.2, 0.25) is 0 Å². The van der Waals surface area contributed by atoms with E-state index in [0.717, 1.165) is 0 Å². The van der Waals surface area contributed by atoms with Gasteiger partial charge in [-0.25, -0.2) is 14.5 Å². The van der Waals surface area contributed by atoms with Gasteiger partial charge >= 0.3 is 55.2 Å². The Morgan fingerprint density at radius 3 is 1.29 bits per heavy atom. The highest BCUT2D eigenvalue weighted by molar-refractivity contribution is 5.91. The molecule has 0 spiro atoms. The van der Waals surface area contributed by atoms with E-state index in [1.54, 1.807) is 30.1 Å². The summed E-state index contributed by atoms with van der Waals surface area (Å²) in [6, 6.07) is -3.60. The molecule has 2 fully saturated rings. The molecule has 400 valence electrons. The van der Waals surface area contributed by atoms with Gasteiger partial charge in [-0.15, -0.1) is 0 Å². The summed E-state index contributed by atoms with van der Waals surface area (Å²) in [6.07, 6.45) is -31.3. The number of likely N-dealkylation sites (tertiary alicyclic amines) is 2. The number of likely N-dealkylation sites (N-methyl/N-ethyl adjacent to an activating group) is 2. The van der Waals surface area contributed by atoms with Gasteiger partial charge in [-0.05, 0) is 74.2 Å². The number of carbonyl (C=O) groups is 2. The fourth-order valence-electron chi connectivity index (χ4n) is 10.5. The number of rotatable bonds is 6.